The summed E-state index contributed by atoms with van der Waals surface area (Å²) in [5, 5.41) is 0. The van der Waals surface area contributed by atoms with E-state index in [4.69, 9.17) is 4.98 Å². The van der Waals surface area contributed by atoms with Gasteiger partial charge >= 0.3 is 0 Å². The zero-order chi connectivity index (χ0) is 24.6. The van der Waals surface area contributed by atoms with Crippen LogP contribution >= 0.6 is 0 Å². The van der Waals surface area contributed by atoms with Crippen molar-refractivity contribution in [1.29, 1.82) is 0 Å². The number of benzene rings is 1. The topological polar surface area (TPSA) is 12.9 Å². The third-order valence-electron chi connectivity index (χ3n) is 6.41. The minimum Gasteiger partial charge on any atom is -0.256 e. The standard InChI is InChI=1S/C29H36FN.C2H6/c1-7-10-24-26(21-14-16-23(30)17-15-21)27(29(5,6)19-18-20(4)9-3)25(11-8-2)31-28(24)22-12-13-22;1-2/h7-10,14-17,20,22H,2-3,11-13,18-19H2,1,4-6H3;1-2H3/b10-7+;. The van der Waals surface area contributed by atoms with Gasteiger partial charge in [0.15, 0.2) is 0 Å². The number of hydrogen-bond donors (Lipinski definition) is 0. The monoisotopic (exact) mass is 447 g/mol. The number of rotatable bonds is 10. The van der Waals surface area contributed by atoms with Crippen LogP contribution in [0.4, 0.5) is 4.39 Å². The highest BCUT2D eigenvalue weighted by Crippen LogP contribution is 2.48. The van der Waals surface area contributed by atoms with Gasteiger partial charge in [-0.15, -0.1) is 13.2 Å². The summed E-state index contributed by atoms with van der Waals surface area (Å²) in [7, 11) is 0. The van der Waals surface area contributed by atoms with Gasteiger partial charge in [-0.05, 0) is 72.8 Å². The molecule has 1 atom stereocenters. The van der Waals surface area contributed by atoms with E-state index >= 15 is 0 Å². The van der Waals surface area contributed by atoms with Gasteiger partial charge in [-0.25, -0.2) is 4.39 Å². The van der Waals surface area contributed by atoms with E-state index in [-0.39, 0.29) is 11.2 Å². The number of pyridine rings is 1. The molecule has 1 fully saturated rings. The summed E-state index contributed by atoms with van der Waals surface area (Å²) in [6, 6.07) is 6.96. The average molecular weight is 448 g/mol. The molecule has 0 bridgehead atoms. The van der Waals surface area contributed by atoms with Crippen LogP contribution in [0.2, 0.25) is 0 Å². The molecule has 0 aliphatic heterocycles. The molecule has 178 valence electrons. The van der Waals surface area contributed by atoms with Gasteiger partial charge in [-0.3, -0.25) is 4.98 Å². The lowest BCUT2D eigenvalue weighted by Crippen LogP contribution is -2.24. The Balaban J connectivity index is 0.00000187. The summed E-state index contributed by atoms with van der Waals surface area (Å²) in [6.45, 7) is 20.9. The summed E-state index contributed by atoms with van der Waals surface area (Å²) in [5.41, 5.74) is 6.95. The Morgan fingerprint density at radius 1 is 1.15 bits per heavy atom. The molecule has 3 rings (SSSR count). The molecule has 0 saturated heterocycles. The second-order valence-electron chi connectivity index (χ2n) is 9.52. The third-order valence-corrected chi connectivity index (χ3v) is 6.41. The molecule has 1 aromatic heterocycles. The molecule has 1 aromatic carbocycles. The maximum Gasteiger partial charge on any atom is 0.123 e. The van der Waals surface area contributed by atoms with Crippen LogP contribution in [0.3, 0.4) is 0 Å². The van der Waals surface area contributed by atoms with E-state index in [1.165, 1.54) is 35.2 Å². The summed E-state index contributed by atoms with van der Waals surface area (Å²) in [6.07, 6.45) is 13.5. The van der Waals surface area contributed by atoms with Crippen molar-refractivity contribution in [3.05, 3.63) is 84.0 Å². The van der Waals surface area contributed by atoms with E-state index in [1.54, 1.807) is 12.1 Å². The normalized spacial score (nSPS) is 14.5. The van der Waals surface area contributed by atoms with Gasteiger partial charge in [-0.2, -0.15) is 0 Å². The van der Waals surface area contributed by atoms with Crippen LogP contribution in [0.5, 0.6) is 0 Å². The van der Waals surface area contributed by atoms with E-state index in [9.17, 15) is 4.39 Å². The van der Waals surface area contributed by atoms with Crippen molar-refractivity contribution >= 4 is 6.08 Å². The molecule has 2 heteroatoms. The van der Waals surface area contributed by atoms with Gasteiger partial charge in [-0.1, -0.05) is 71.1 Å². The molecule has 0 N–H and O–H groups in total. The molecule has 1 heterocycles. The SMILES string of the molecule is C=CCc1nc(C2CC2)c(/C=C/C)c(-c2ccc(F)cc2)c1C(C)(C)CCC(C)C=C.CC. The van der Waals surface area contributed by atoms with Gasteiger partial charge in [0, 0.05) is 23.6 Å². The van der Waals surface area contributed by atoms with Crippen LogP contribution in [0, 0.1) is 11.7 Å². The summed E-state index contributed by atoms with van der Waals surface area (Å²) in [4.78, 5) is 5.24. The smallest absolute Gasteiger partial charge is 0.123 e. The minimum atomic E-state index is -0.209. The molecule has 1 aliphatic carbocycles. The maximum absolute atomic E-state index is 13.8. The van der Waals surface area contributed by atoms with Gasteiger partial charge in [0.2, 0.25) is 0 Å². The average Bonchev–Trinajstić information content (AvgIpc) is 3.65. The lowest BCUT2D eigenvalue weighted by molar-refractivity contribution is 0.427. The van der Waals surface area contributed by atoms with E-state index in [0.29, 0.717) is 11.8 Å². The fourth-order valence-corrected chi connectivity index (χ4v) is 4.43. The quantitative estimate of drug-likeness (QED) is 0.330. The predicted molar refractivity (Wildman–Crippen MR) is 143 cm³/mol. The van der Waals surface area contributed by atoms with E-state index in [0.717, 1.165) is 30.5 Å². The number of nitrogens with zero attached hydrogens (tertiary/aromatic N) is 1. The molecule has 0 radical (unpaired) electrons. The highest BCUT2D eigenvalue weighted by molar-refractivity contribution is 5.81. The first-order chi connectivity index (χ1) is 15.8. The van der Waals surface area contributed by atoms with Gasteiger partial charge < -0.3 is 0 Å². The second-order valence-corrected chi connectivity index (χ2v) is 9.52. The molecule has 1 saturated carbocycles. The molecule has 2 aromatic rings. The third kappa shape index (κ3) is 6.53. The molecule has 0 amide bonds. The van der Waals surface area contributed by atoms with Crippen molar-refractivity contribution in [1.82, 2.24) is 4.98 Å². The molecular weight excluding hydrogens is 405 g/mol. The van der Waals surface area contributed by atoms with Gasteiger partial charge in [0.1, 0.15) is 5.82 Å². The molecule has 33 heavy (non-hydrogen) atoms. The summed E-state index contributed by atoms with van der Waals surface area (Å²) >= 11 is 0. The van der Waals surface area contributed by atoms with Crippen molar-refractivity contribution in [2.45, 2.75) is 85.0 Å². The first-order valence-electron chi connectivity index (χ1n) is 12.5. The second kappa shape index (κ2) is 12.1. The number of allylic oxidation sites excluding steroid dienone is 3. The minimum absolute atomic E-state index is 0.0925. The zero-order valence-electron chi connectivity index (χ0n) is 21.5. The zero-order valence-corrected chi connectivity index (χ0v) is 21.5. The van der Waals surface area contributed by atoms with Crippen LogP contribution in [-0.2, 0) is 11.8 Å². The highest BCUT2D eigenvalue weighted by Gasteiger charge is 2.34. The number of halogens is 1. The van der Waals surface area contributed by atoms with E-state index in [1.807, 2.05) is 38.1 Å². The van der Waals surface area contributed by atoms with Crippen molar-refractivity contribution in [3.8, 4) is 11.1 Å². The Kier molecular flexibility index (Phi) is 9.83. The maximum atomic E-state index is 13.8. The lowest BCUT2D eigenvalue weighted by Gasteiger charge is -2.33. The Hall–Kier alpha value is -2.48. The van der Waals surface area contributed by atoms with Crippen molar-refractivity contribution < 1.29 is 4.39 Å². The lowest BCUT2D eigenvalue weighted by atomic mass is 9.73. The first-order valence-corrected chi connectivity index (χ1v) is 12.5. The first kappa shape index (κ1) is 26.8. The molecular formula is C31H42FN. The fraction of sp³-hybridized carbons (Fsp3) is 0.452. The molecule has 1 unspecified atom stereocenters. The Labute approximate surface area is 201 Å². The van der Waals surface area contributed by atoms with Crippen LogP contribution in [-0.4, -0.2) is 4.98 Å². The van der Waals surface area contributed by atoms with Gasteiger partial charge in [0.25, 0.3) is 0 Å². The Morgan fingerprint density at radius 3 is 2.30 bits per heavy atom. The van der Waals surface area contributed by atoms with Crippen LogP contribution in [0.25, 0.3) is 17.2 Å². The molecule has 0 spiro atoms. The Bertz CT molecular complexity index is 961. The molecule has 1 aliphatic rings. The van der Waals surface area contributed by atoms with Gasteiger partial charge in [0.05, 0.1) is 5.69 Å². The number of aromatic nitrogens is 1. The fourth-order valence-electron chi connectivity index (χ4n) is 4.43. The largest absolute Gasteiger partial charge is 0.256 e. The summed E-state index contributed by atoms with van der Waals surface area (Å²) in [5.74, 6) is 0.775. The van der Waals surface area contributed by atoms with Crippen molar-refractivity contribution in [2.75, 3.05) is 0 Å². The van der Waals surface area contributed by atoms with E-state index < -0.39 is 0 Å². The molecule has 1 nitrogen and oxygen atoms in total. The Morgan fingerprint density at radius 2 is 1.79 bits per heavy atom. The predicted octanol–water partition coefficient (Wildman–Crippen LogP) is 9.43. The van der Waals surface area contributed by atoms with Crippen LogP contribution in [0.15, 0.2) is 55.7 Å². The number of hydrogen-bond acceptors (Lipinski definition) is 1. The van der Waals surface area contributed by atoms with Crippen molar-refractivity contribution in [2.24, 2.45) is 5.92 Å². The van der Waals surface area contributed by atoms with Crippen LogP contribution < -0.4 is 0 Å². The van der Waals surface area contributed by atoms with E-state index in [2.05, 4.69) is 53.0 Å². The summed E-state index contributed by atoms with van der Waals surface area (Å²) < 4.78 is 13.8. The van der Waals surface area contributed by atoms with Crippen molar-refractivity contribution in [3.63, 3.8) is 0 Å². The highest BCUT2D eigenvalue weighted by atomic mass is 19.1. The van der Waals surface area contributed by atoms with Crippen LogP contribution in [0.1, 0.15) is 95.7 Å².